The number of benzene rings is 1. The molecule has 1 unspecified atom stereocenters. The van der Waals surface area contributed by atoms with Gasteiger partial charge in [-0.3, -0.25) is 19.2 Å². The minimum absolute atomic E-state index is 0.00357. The van der Waals surface area contributed by atoms with Crippen LogP contribution in [0.1, 0.15) is 68.1 Å². The Kier molecular flexibility index (Phi) is 8.49. The number of carbonyl (C=O) groups is 4. The van der Waals surface area contributed by atoms with Gasteiger partial charge >= 0.3 is 5.97 Å². The lowest BCUT2D eigenvalue weighted by Gasteiger charge is -2.45. The molecule has 0 N–H and O–H groups in total. The van der Waals surface area contributed by atoms with Gasteiger partial charge in [0.25, 0.3) is 5.91 Å². The van der Waals surface area contributed by atoms with E-state index in [1.807, 2.05) is 39.0 Å². The van der Waals surface area contributed by atoms with Gasteiger partial charge in [0, 0.05) is 49.5 Å². The van der Waals surface area contributed by atoms with Crippen LogP contribution in [0.4, 0.5) is 0 Å². The van der Waals surface area contributed by atoms with Crippen molar-refractivity contribution in [3.63, 3.8) is 0 Å². The molecule has 1 aromatic rings. The van der Waals surface area contributed by atoms with Crippen LogP contribution in [0.3, 0.4) is 0 Å². The van der Waals surface area contributed by atoms with E-state index < -0.39 is 34.4 Å². The van der Waals surface area contributed by atoms with Gasteiger partial charge in [0.2, 0.25) is 11.8 Å². The Hall–Kier alpha value is -2.54. The molecular formula is C35H46BrN3O8. The smallest absolute Gasteiger partial charge is 0.311 e. The Morgan fingerprint density at radius 3 is 1.51 bits per heavy atom. The fourth-order valence-electron chi connectivity index (χ4n) is 11.1. The summed E-state index contributed by atoms with van der Waals surface area (Å²) < 4.78 is 23.4. The first-order valence-corrected chi connectivity index (χ1v) is 17.7. The molecule has 6 aliphatic rings. The van der Waals surface area contributed by atoms with Crippen LogP contribution < -0.4 is 0 Å². The van der Waals surface area contributed by atoms with Crippen molar-refractivity contribution >= 4 is 39.6 Å². The molecule has 6 fully saturated rings. The molecule has 6 heterocycles. The molecule has 256 valence electrons. The average Bonchev–Trinajstić information content (AvgIpc) is 3.90. The van der Waals surface area contributed by atoms with Crippen LogP contribution in [0.5, 0.6) is 0 Å². The van der Waals surface area contributed by atoms with Gasteiger partial charge in [0.1, 0.15) is 0 Å². The highest BCUT2D eigenvalue weighted by molar-refractivity contribution is 9.10. The van der Waals surface area contributed by atoms with Crippen molar-refractivity contribution in [2.45, 2.75) is 92.5 Å². The molecule has 6 bridgehead atoms. The van der Waals surface area contributed by atoms with Crippen LogP contribution in [0.2, 0.25) is 0 Å². The maximum Gasteiger partial charge on any atom is 0.311 e. The number of rotatable bonds is 10. The number of hydrogen-bond acceptors (Lipinski definition) is 8. The first kappa shape index (κ1) is 33.0. The molecule has 1 aromatic carbocycles. The fraction of sp³-hybridized carbons (Fsp3) is 0.714. The molecular weight excluding hydrogens is 670 g/mol. The van der Waals surface area contributed by atoms with Gasteiger partial charge in [0.15, 0.2) is 0 Å². The van der Waals surface area contributed by atoms with E-state index in [2.05, 4.69) is 15.9 Å². The highest BCUT2D eigenvalue weighted by Crippen LogP contribution is 2.59. The van der Waals surface area contributed by atoms with E-state index >= 15 is 4.79 Å². The zero-order valence-electron chi connectivity index (χ0n) is 27.7. The predicted octanol–water partition coefficient (Wildman–Crippen LogP) is 3.42. The van der Waals surface area contributed by atoms with Gasteiger partial charge in [-0.15, -0.1) is 0 Å². The first-order valence-electron chi connectivity index (χ1n) is 16.9. The Morgan fingerprint density at radius 1 is 0.660 bits per heavy atom. The van der Waals surface area contributed by atoms with Gasteiger partial charge in [-0.05, 0) is 82.1 Å². The lowest BCUT2D eigenvalue weighted by molar-refractivity contribution is -0.156. The Labute approximate surface area is 284 Å². The number of ether oxygens (including phenoxy) is 4. The number of carbonyl (C=O) groups excluding carboxylic acids is 4. The second-order valence-corrected chi connectivity index (χ2v) is 15.6. The molecule has 0 saturated carbocycles. The third-order valence-electron chi connectivity index (χ3n) is 12.8. The fourth-order valence-corrected chi connectivity index (χ4v) is 11.4. The van der Waals surface area contributed by atoms with Crippen LogP contribution in [0.25, 0.3) is 0 Å². The second kappa shape index (κ2) is 12.1. The summed E-state index contributed by atoms with van der Waals surface area (Å²) in [6, 6.07) is 7.13. The van der Waals surface area contributed by atoms with E-state index in [-0.39, 0.29) is 61.6 Å². The monoisotopic (exact) mass is 715 g/mol. The Balaban J connectivity index is 1.21. The van der Waals surface area contributed by atoms with E-state index in [0.29, 0.717) is 44.1 Å². The molecule has 0 radical (unpaired) electrons. The lowest BCUT2D eigenvalue weighted by Crippen LogP contribution is -2.62. The number of amides is 3. The van der Waals surface area contributed by atoms with E-state index in [9.17, 15) is 14.4 Å². The number of methoxy groups -OCH3 is 4. The van der Waals surface area contributed by atoms with Gasteiger partial charge in [0.05, 0.1) is 61.3 Å². The highest BCUT2D eigenvalue weighted by atomic mass is 79.9. The topological polar surface area (TPSA) is 115 Å². The summed E-state index contributed by atoms with van der Waals surface area (Å²) in [5.41, 5.74) is -1.73. The highest BCUT2D eigenvalue weighted by Gasteiger charge is 2.70. The maximum absolute atomic E-state index is 15.0. The van der Waals surface area contributed by atoms with Gasteiger partial charge in [-0.2, -0.15) is 0 Å². The quantitative estimate of drug-likeness (QED) is 0.339. The van der Waals surface area contributed by atoms with Crippen LogP contribution in [-0.4, -0.2) is 121 Å². The number of nitrogens with zero attached hydrogens (tertiary/aromatic N) is 3. The third kappa shape index (κ3) is 4.60. The minimum Gasteiger partial charge on any atom is -0.469 e. The van der Waals surface area contributed by atoms with Gasteiger partial charge in [-0.1, -0.05) is 15.9 Å². The average molecular weight is 717 g/mol. The largest absolute Gasteiger partial charge is 0.469 e. The van der Waals surface area contributed by atoms with Crippen molar-refractivity contribution in [2.24, 2.45) is 17.8 Å². The summed E-state index contributed by atoms with van der Waals surface area (Å²) in [5, 5.41) is 0. The van der Waals surface area contributed by atoms with Crippen LogP contribution in [-0.2, 0) is 33.3 Å². The Morgan fingerprint density at radius 2 is 1.06 bits per heavy atom. The van der Waals surface area contributed by atoms with E-state index in [1.54, 1.807) is 21.3 Å². The molecule has 0 spiro atoms. The second-order valence-electron chi connectivity index (χ2n) is 14.7. The summed E-state index contributed by atoms with van der Waals surface area (Å²) in [4.78, 5) is 62.8. The van der Waals surface area contributed by atoms with Crippen LogP contribution in [0.15, 0.2) is 28.7 Å². The van der Waals surface area contributed by atoms with E-state index in [0.717, 1.165) is 23.7 Å². The number of halogens is 1. The molecule has 3 amide bonds. The summed E-state index contributed by atoms with van der Waals surface area (Å²) in [6.07, 6.45) is 6.14. The zero-order valence-corrected chi connectivity index (χ0v) is 29.3. The molecule has 9 atom stereocenters. The Bertz CT molecular complexity index is 1440. The van der Waals surface area contributed by atoms with Gasteiger partial charge in [-0.25, -0.2) is 0 Å². The molecule has 12 heteroatoms. The molecule has 47 heavy (non-hydrogen) atoms. The standard InChI is InChI=1S/C35H46BrN3O8/c1-44-18-33-12-9-23(37(33)29(40)21-5-7-22(36)8-6-21)15-26(33)30(41)38-24-10-13-34(38,19-45-2)27(16-24)31(42)39-25-11-14-35(39,20-46-3)28(17-25)32(43)47-4/h5-8,23-28H,9-20H2,1-4H3/t23-,24?,25-,26-,27+,28-,33-,34-,35-/m0/s1. The van der Waals surface area contributed by atoms with Crippen molar-refractivity contribution in [1.82, 2.24) is 14.7 Å². The van der Waals surface area contributed by atoms with E-state index in [1.165, 1.54) is 7.11 Å². The van der Waals surface area contributed by atoms with Gasteiger partial charge < -0.3 is 33.6 Å². The van der Waals surface area contributed by atoms with Crippen molar-refractivity contribution in [2.75, 3.05) is 48.3 Å². The molecule has 6 saturated heterocycles. The first-order chi connectivity index (χ1) is 22.6. The van der Waals surface area contributed by atoms with E-state index in [4.69, 9.17) is 18.9 Å². The molecule has 0 aromatic heterocycles. The summed E-state index contributed by atoms with van der Waals surface area (Å²) >= 11 is 3.46. The molecule has 11 nitrogen and oxygen atoms in total. The van der Waals surface area contributed by atoms with Crippen LogP contribution in [0, 0.1) is 17.8 Å². The minimum atomic E-state index is -0.804. The zero-order chi connectivity index (χ0) is 33.3. The summed E-state index contributed by atoms with van der Waals surface area (Å²) in [7, 11) is 6.27. The summed E-state index contributed by atoms with van der Waals surface area (Å²) in [6.45, 7) is 0.775. The third-order valence-corrected chi connectivity index (χ3v) is 13.3. The van der Waals surface area contributed by atoms with Crippen LogP contribution >= 0.6 is 15.9 Å². The van der Waals surface area contributed by atoms with Crippen molar-refractivity contribution in [1.29, 1.82) is 0 Å². The van der Waals surface area contributed by atoms with Crippen molar-refractivity contribution < 1.29 is 38.1 Å². The lowest BCUT2D eigenvalue weighted by atomic mass is 9.74. The normalized spacial score (nSPS) is 38.1. The molecule has 6 aliphatic heterocycles. The predicted molar refractivity (Wildman–Crippen MR) is 173 cm³/mol. The molecule has 7 rings (SSSR count). The molecule has 0 aliphatic carbocycles. The van der Waals surface area contributed by atoms with Crippen molar-refractivity contribution in [3.05, 3.63) is 34.3 Å². The van der Waals surface area contributed by atoms with Crippen molar-refractivity contribution in [3.8, 4) is 0 Å². The number of fused-ring (bicyclic) bond motifs is 6. The summed E-state index contributed by atoms with van der Waals surface area (Å²) in [5.74, 6) is -1.75. The SMILES string of the molecule is COC[C@@]12CCC(C[C@@H]1C(=O)N1[C@H]3CC[C@]1(COC)[C@H](C(=O)OC)C3)N2C(=O)[C@@H]1C[C@@H]2CC[C@@]1(COC)N2C(=O)c1ccc(Br)cc1. The number of hydrogen-bond donors (Lipinski definition) is 0. The number of esters is 1. The maximum atomic E-state index is 15.0.